The molecule has 0 atom stereocenters. The van der Waals surface area contributed by atoms with Crippen LogP contribution in [0, 0.1) is 6.92 Å². The number of nitrogens with one attached hydrogen (secondary N) is 1. The summed E-state index contributed by atoms with van der Waals surface area (Å²) in [6.45, 7) is 2.11. The molecule has 3 aromatic rings. The summed E-state index contributed by atoms with van der Waals surface area (Å²) >= 11 is 0. The number of hydrogen-bond donors (Lipinski definition) is 2. The molecule has 25 heavy (non-hydrogen) atoms. The van der Waals surface area contributed by atoms with Gasteiger partial charge in [-0.25, -0.2) is 5.14 Å². The van der Waals surface area contributed by atoms with E-state index < -0.39 is 10.2 Å². The van der Waals surface area contributed by atoms with Gasteiger partial charge < -0.3 is 4.74 Å². The SMILES string of the molecule is COc1ccc2c(-c3ccc(CNS(N)(=O)=O)c(C)c3)ccnc2c1. The maximum Gasteiger partial charge on any atom is 0.274 e. The zero-order chi connectivity index (χ0) is 18.0. The van der Waals surface area contributed by atoms with Crippen molar-refractivity contribution in [3.63, 3.8) is 0 Å². The van der Waals surface area contributed by atoms with Crippen molar-refractivity contribution in [1.82, 2.24) is 9.71 Å². The molecule has 130 valence electrons. The Morgan fingerprint density at radius 1 is 1.16 bits per heavy atom. The first-order chi connectivity index (χ1) is 11.9. The Balaban J connectivity index is 2.00. The van der Waals surface area contributed by atoms with E-state index in [1.54, 1.807) is 13.3 Å². The normalized spacial score (nSPS) is 11.6. The predicted octanol–water partition coefficient (Wildman–Crippen LogP) is 2.51. The Labute approximate surface area is 146 Å². The van der Waals surface area contributed by atoms with Crippen LogP contribution in [-0.2, 0) is 16.8 Å². The second-order valence-corrected chi connectivity index (χ2v) is 7.13. The lowest BCUT2D eigenvalue weighted by atomic mass is 9.97. The Hall–Kier alpha value is -2.48. The zero-order valence-corrected chi connectivity index (χ0v) is 14.8. The van der Waals surface area contributed by atoms with Crippen molar-refractivity contribution in [2.24, 2.45) is 5.14 Å². The number of benzene rings is 2. The minimum Gasteiger partial charge on any atom is -0.497 e. The van der Waals surface area contributed by atoms with Gasteiger partial charge in [0.1, 0.15) is 5.75 Å². The first kappa shape index (κ1) is 17.3. The van der Waals surface area contributed by atoms with Gasteiger partial charge in [0.2, 0.25) is 0 Å². The number of aromatic nitrogens is 1. The van der Waals surface area contributed by atoms with Gasteiger partial charge in [0.25, 0.3) is 10.2 Å². The van der Waals surface area contributed by atoms with Crippen LogP contribution in [0.3, 0.4) is 0 Å². The monoisotopic (exact) mass is 357 g/mol. The molecule has 0 aliphatic heterocycles. The Kier molecular flexibility index (Phi) is 4.71. The minimum atomic E-state index is -3.71. The lowest BCUT2D eigenvalue weighted by molar-refractivity contribution is 0.415. The van der Waals surface area contributed by atoms with Gasteiger partial charge in [0.05, 0.1) is 12.6 Å². The average Bonchev–Trinajstić information content (AvgIpc) is 2.58. The fourth-order valence-electron chi connectivity index (χ4n) is 2.75. The lowest BCUT2D eigenvalue weighted by Gasteiger charge is -2.11. The third kappa shape index (κ3) is 3.96. The van der Waals surface area contributed by atoms with E-state index in [-0.39, 0.29) is 6.54 Å². The number of aryl methyl sites for hydroxylation is 1. The van der Waals surface area contributed by atoms with Crippen molar-refractivity contribution in [1.29, 1.82) is 0 Å². The van der Waals surface area contributed by atoms with Crippen LogP contribution in [-0.4, -0.2) is 20.5 Å². The van der Waals surface area contributed by atoms with Crippen LogP contribution in [0.4, 0.5) is 0 Å². The maximum absolute atomic E-state index is 11.1. The van der Waals surface area contributed by atoms with Gasteiger partial charge in [0.15, 0.2) is 0 Å². The van der Waals surface area contributed by atoms with Crippen LogP contribution in [0.25, 0.3) is 22.0 Å². The summed E-state index contributed by atoms with van der Waals surface area (Å²) in [5, 5.41) is 6.01. The molecule has 1 aromatic heterocycles. The van der Waals surface area contributed by atoms with E-state index in [1.807, 2.05) is 49.4 Å². The number of methoxy groups -OCH3 is 1. The third-order valence-electron chi connectivity index (χ3n) is 4.07. The maximum atomic E-state index is 11.1. The molecular formula is C18H19N3O3S. The molecule has 0 spiro atoms. The molecular weight excluding hydrogens is 338 g/mol. The molecule has 2 aromatic carbocycles. The smallest absolute Gasteiger partial charge is 0.274 e. The number of nitrogens with two attached hydrogens (primary N) is 1. The van der Waals surface area contributed by atoms with Crippen LogP contribution >= 0.6 is 0 Å². The number of fused-ring (bicyclic) bond motifs is 1. The van der Waals surface area contributed by atoms with E-state index in [0.717, 1.165) is 38.9 Å². The summed E-state index contributed by atoms with van der Waals surface area (Å²) in [5.41, 5.74) is 4.80. The molecule has 0 aliphatic rings. The molecule has 0 amide bonds. The van der Waals surface area contributed by atoms with E-state index in [0.29, 0.717) is 0 Å². The van der Waals surface area contributed by atoms with Crippen molar-refractivity contribution in [2.45, 2.75) is 13.5 Å². The van der Waals surface area contributed by atoms with Crippen molar-refractivity contribution in [3.05, 3.63) is 59.8 Å². The molecule has 0 saturated heterocycles. The highest BCUT2D eigenvalue weighted by Crippen LogP contribution is 2.30. The largest absolute Gasteiger partial charge is 0.497 e. The Morgan fingerprint density at radius 2 is 1.96 bits per heavy atom. The predicted molar refractivity (Wildman–Crippen MR) is 98.4 cm³/mol. The molecule has 0 saturated carbocycles. The number of ether oxygens (including phenoxy) is 1. The molecule has 3 rings (SSSR count). The molecule has 0 aliphatic carbocycles. The summed E-state index contributed by atoms with van der Waals surface area (Å²) in [6.07, 6.45) is 1.77. The Morgan fingerprint density at radius 3 is 2.64 bits per heavy atom. The quantitative estimate of drug-likeness (QED) is 0.733. The molecule has 6 nitrogen and oxygen atoms in total. The van der Waals surface area contributed by atoms with Gasteiger partial charge in [-0.1, -0.05) is 18.2 Å². The van der Waals surface area contributed by atoms with Crippen molar-refractivity contribution in [3.8, 4) is 16.9 Å². The van der Waals surface area contributed by atoms with Crippen molar-refractivity contribution < 1.29 is 13.2 Å². The lowest BCUT2D eigenvalue weighted by Crippen LogP contribution is -2.30. The standard InChI is InChI=1S/C18H19N3O3S/c1-12-9-13(3-4-14(12)11-21-25(19,22)23)16-7-8-20-18-10-15(24-2)5-6-17(16)18/h3-10,21H,11H2,1-2H3,(H2,19,22,23). The first-order valence-corrected chi connectivity index (χ1v) is 9.22. The van der Waals surface area contributed by atoms with Gasteiger partial charge >= 0.3 is 0 Å². The molecule has 3 N–H and O–H groups in total. The van der Waals surface area contributed by atoms with Crippen LogP contribution in [0.5, 0.6) is 5.75 Å². The summed E-state index contributed by atoms with van der Waals surface area (Å²) in [4.78, 5) is 4.40. The first-order valence-electron chi connectivity index (χ1n) is 7.67. The third-order valence-corrected chi connectivity index (χ3v) is 4.61. The number of nitrogens with zero attached hydrogens (tertiary/aromatic N) is 1. The Bertz CT molecular complexity index is 1030. The summed E-state index contributed by atoms with van der Waals surface area (Å²) in [5.74, 6) is 0.762. The van der Waals surface area contributed by atoms with Crippen LogP contribution < -0.4 is 14.6 Å². The average molecular weight is 357 g/mol. The van der Waals surface area contributed by atoms with E-state index in [1.165, 1.54) is 0 Å². The number of pyridine rings is 1. The fraction of sp³-hybridized carbons (Fsp3) is 0.167. The number of hydrogen-bond acceptors (Lipinski definition) is 4. The van der Waals surface area contributed by atoms with E-state index in [9.17, 15) is 8.42 Å². The molecule has 0 fully saturated rings. The highest BCUT2D eigenvalue weighted by atomic mass is 32.2. The topological polar surface area (TPSA) is 94.3 Å². The zero-order valence-electron chi connectivity index (χ0n) is 14.0. The van der Waals surface area contributed by atoms with Crippen LogP contribution in [0.2, 0.25) is 0 Å². The second kappa shape index (κ2) is 6.79. The van der Waals surface area contributed by atoms with E-state index in [4.69, 9.17) is 9.88 Å². The highest BCUT2D eigenvalue weighted by molar-refractivity contribution is 7.87. The van der Waals surface area contributed by atoms with Crippen LogP contribution in [0.15, 0.2) is 48.7 Å². The molecule has 0 bridgehead atoms. The summed E-state index contributed by atoms with van der Waals surface area (Å²) in [7, 11) is -2.08. The molecule has 0 unspecified atom stereocenters. The summed E-state index contributed by atoms with van der Waals surface area (Å²) < 4.78 is 29.7. The molecule has 7 heteroatoms. The fourth-order valence-corrected chi connectivity index (χ4v) is 3.10. The minimum absolute atomic E-state index is 0.166. The molecule has 0 radical (unpaired) electrons. The van der Waals surface area contributed by atoms with Gasteiger partial charge in [-0.05, 0) is 47.4 Å². The number of rotatable bonds is 5. The van der Waals surface area contributed by atoms with Gasteiger partial charge in [-0.3, -0.25) is 4.98 Å². The van der Waals surface area contributed by atoms with E-state index >= 15 is 0 Å². The van der Waals surface area contributed by atoms with Crippen LogP contribution in [0.1, 0.15) is 11.1 Å². The molecule has 1 heterocycles. The van der Waals surface area contributed by atoms with Crippen molar-refractivity contribution >= 4 is 21.1 Å². The van der Waals surface area contributed by atoms with Gasteiger partial charge in [-0.15, -0.1) is 0 Å². The van der Waals surface area contributed by atoms with E-state index in [2.05, 4.69) is 9.71 Å². The van der Waals surface area contributed by atoms with Gasteiger partial charge in [-0.2, -0.15) is 13.1 Å². The highest BCUT2D eigenvalue weighted by Gasteiger charge is 2.09. The van der Waals surface area contributed by atoms with Crippen molar-refractivity contribution in [2.75, 3.05) is 7.11 Å². The summed E-state index contributed by atoms with van der Waals surface area (Å²) in [6, 6.07) is 13.7. The van der Waals surface area contributed by atoms with Gasteiger partial charge in [0, 0.05) is 24.2 Å². The second-order valence-electron chi connectivity index (χ2n) is 5.75.